The highest BCUT2D eigenvalue weighted by atomic mass is 35.5. The number of alkyl halides is 2. The van der Waals surface area contributed by atoms with E-state index >= 15 is 0 Å². The van der Waals surface area contributed by atoms with E-state index < -0.39 is 17.6 Å². The van der Waals surface area contributed by atoms with E-state index in [9.17, 15) is 4.79 Å². The van der Waals surface area contributed by atoms with Crippen molar-refractivity contribution in [2.24, 2.45) is 0 Å². The third-order valence-electron chi connectivity index (χ3n) is 8.40. The lowest BCUT2D eigenvalue weighted by atomic mass is 10.2. The monoisotopic (exact) mass is 1290 g/mol. The van der Waals surface area contributed by atoms with Crippen LogP contribution in [0.1, 0.15) is 93.4 Å². The van der Waals surface area contributed by atoms with Gasteiger partial charge >= 0.3 is 23.6 Å². The maximum Gasteiger partial charge on any atom is 0.501 e. The zero-order valence-electron chi connectivity index (χ0n) is 48.3. The molecule has 0 amide bonds. The number of allylic oxidation sites excluding steroid dienone is 1. The van der Waals surface area contributed by atoms with Crippen LogP contribution in [0.15, 0.2) is 36.5 Å². The minimum Gasteiger partial charge on any atom is -0.465 e. The number of hydrogen-bond acceptors (Lipinski definition) is 22. The van der Waals surface area contributed by atoms with E-state index in [2.05, 4.69) is 42.0 Å². The Morgan fingerprint density at radius 3 is 1.32 bits per heavy atom. The van der Waals surface area contributed by atoms with Gasteiger partial charge in [0.25, 0.3) is 6.26 Å². The molecule has 0 aromatic carbocycles. The summed E-state index contributed by atoms with van der Waals surface area (Å²) < 4.78 is 55.4. The molecule has 0 atom stereocenters. The van der Waals surface area contributed by atoms with Gasteiger partial charge in [-0.3, -0.25) is 10.1 Å². The molecule has 0 aliphatic rings. The smallest absolute Gasteiger partial charge is 0.465 e. The van der Waals surface area contributed by atoms with E-state index in [0.29, 0.717) is 95.9 Å². The molecule has 0 aromatic rings. The van der Waals surface area contributed by atoms with Crippen molar-refractivity contribution in [2.45, 2.75) is 106 Å². The first-order valence-electron chi connectivity index (χ1n) is 26.4. The number of aliphatic hydroxyl groups is 3. The summed E-state index contributed by atoms with van der Waals surface area (Å²) in [6.07, 6.45) is 7.77. The summed E-state index contributed by atoms with van der Waals surface area (Å²) in [4.78, 5) is 15.1. The maximum absolute atomic E-state index is 11.6. The van der Waals surface area contributed by atoms with Crippen LogP contribution < -0.4 is 0 Å². The molecule has 0 unspecified atom stereocenters. The molecule has 0 saturated heterocycles. The van der Waals surface area contributed by atoms with Crippen LogP contribution in [0.4, 0.5) is 0 Å². The number of thiol groups is 1. The summed E-state index contributed by atoms with van der Waals surface area (Å²) in [5.41, 5.74) is 3.25. The lowest BCUT2D eigenvalue weighted by Gasteiger charge is -2.28. The molecule has 0 aliphatic heterocycles. The number of carbonyl (C=O) groups is 1. The highest BCUT2D eigenvalue weighted by Crippen LogP contribution is 2.21. The van der Waals surface area contributed by atoms with Gasteiger partial charge in [-0.25, -0.2) is 4.89 Å². The topological polar surface area (TPSA) is 223 Å². The van der Waals surface area contributed by atoms with E-state index in [4.69, 9.17) is 89.5 Å². The summed E-state index contributed by atoms with van der Waals surface area (Å²) in [7, 11) is -4.27. The van der Waals surface area contributed by atoms with Gasteiger partial charge in [0.1, 0.15) is 23.7 Å². The van der Waals surface area contributed by atoms with Gasteiger partial charge < -0.3 is 60.5 Å². The summed E-state index contributed by atoms with van der Waals surface area (Å²) >= 11 is 21.2. The second-order valence-electron chi connectivity index (χ2n) is 15.1. The molecule has 0 aliphatic carbocycles. The Kier molecular flexibility index (Phi) is 88.0. The molecular weight excluding hydrogens is 1190 g/mol. The number of nitriles is 1. The van der Waals surface area contributed by atoms with E-state index in [-0.39, 0.29) is 25.8 Å². The molecule has 0 rings (SSSR count). The molecule has 17 nitrogen and oxygen atoms in total. The summed E-state index contributed by atoms with van der Waals surface area (Å²) in [5, 5.41) is 40.4. The van der Waals surface area contributed by atoms with E-state index in [1.807, 2.05) is 53.3 Å². The zero-order valence-corrected chi connectivity index (χ0v) is 58.0. The fourth-order valence-corrected chi connectivity index (χ4v) is 14.2. The average molecular weight is 1290 g/mol. The Bertz CT molecular complexity index is 1230. The van der Waals surface area contributed by atoms with Crippen molar-refractivity contribution in [2.75, 3.05) is 163 Å². The Morgan fingerprint density at radius 2 is 0.974 bits per heavy atom. The standard InChI is InChI=1S/C24H50O7S2Si2.C10H21NO4Si.C8H16O2S2.C4H6Cl2.C2H6O2.C2H6OS/c1-5-29-35(30-6-2,31-7-3)20-12-8-10-14-26-16-18-32-21-23(4)22-33-19-17-27-24(25)13-9-11-15-28-34;1-4-13-16(14-5-2,15-6-3)9-7-8-12-10-11;1-8(6-11-4-2-9)7-12-5-3-10;1-4(2-5)3-6;1-2-4-3;3-1-2-4/h4-22H2,1-3,34H3;4-9H2,1-3H3;9-10H,1-7H2;1-3H2;3H,2H2,1H3;3-4H,1-2H2. The minimum absolute atomic E-state index is 0.107. The second kappa shape index (κ2) is 76.4. The number of thioether (sulfide) groups is 4. The largest absolute Gasteiger partial charge is 0.501 e. The van der Waals surface area contributed by atoms with Gasteiger partial charge in [0, 0.05) is 135 Å². The molecule has 0 aromatic heterocycles. The molecule has 0 radical (unpaired) electrons. The van der Waals surface area contributed by atoms with Crippen molar-refractivity contribution >= 4 is 117 Å². The number of unbranched alkanes of at least 4 members (excludes halogenated alkanes) is 3. The Labute approximate surface area is 505 Å². The molecule has 0 heterocycles. The van der Waals surface area contributed by atoms with Gasteiger partial charge in [0.05, 0.1) is 33.0 Å². The van der Waals surface area contributed by atoms with Crippen LogP contribution in [0.25, 0.3) is 0 Å². The Balaban J connectivity index is -0.000000244. The first-order valence-corrected chi connectivity index (χ1v) is 37.4. The van der Waals surface area contributed by atoms with Gasteiger partial charge in [0.2, 0.25) is 0 Å². The van der Waals surface area contributed by atoms with E-state index in [1.54, 1.807) is 48.5 Å². The van der Waals surface area contributed by atoms with Crippen LogP contribution in [0, 0.1) is 11.5 Å². The average Bonchev–Trinajstić information content (AvgIpc) is 3.42. The van der Waals surface area contributed by atoms with Gasteiger partial charge in [-0.1, -0.05) is 37.3 Å². The predicted molar refractivity (Wildman–Crippen MR) is 340 cm³/mol. The summed E-state index contributed by atoms with van der Waals surface area (Å²) in [6, 6.07) is 1.56. The van der Waals surface area contributed by atoms with Crippen LogP contribution in [0.3, 0.4) is 0 Å². The molecule has 462 valence electrons. The van der Waals surface area contributed by atoms with Gasteiger partial charge in [0.15, 0.2) is 0 Å². The van der Waals surface area contributed by atoms with Crippen LogP contribution >= 0.6 is 82.9 Å². The number of nitrogens with zero attached hydrogens (tertiary/aromatic N) is 1. The summed E-state index contributed by atoms with van der Waals surface area (Å²) in [5.74, 6) is 8.44. The molecule has 77 heavy (non-hydrogen) atoms. The van der Waals surface area contributed by atoms with Crippen molar-refractivity contribution in [3.63, 3.8) is 0 Å². The maximum atomic E-state index is 11.6. The second-order valence-corrected chi connectivity index (χ2v) is 26.6. The number of rotatable bonds is 49. The normalized spacial score (nSPS) is 10.7. The Hall–Kier alpha value is 0.441. The Morgan fingerprint density at radius 1 is 0.571 bits per heavy atom. The number of halogens is 2. The highest BCUT2D eigenvalue weighted by molar-refractivity contribution is 8.00. The van der Waals surface area contributed by atoms with Crippen LogP contribution in [-0.2, 0) is 54.9 Å². The van der Waals surface area contributed by atoms with Crippen molar-refractivity contribution in [3.05, 3.63) is 36.5 Å². The molecule has 0 bridgehead atoms. The lowest BCUT2D eigenvalue weighted by molar-refractivity contribution is -0.237. The molecule has 27 heteroatoms. The van der Waals surface area contributed by atoms with Gasteiger partial charge in [-0.2, -0.15) is 64.9 Å². The van der Waals surface area contributed by atoms with Crippen LogP contribution in [-0.4, -0.2) is 217 Å². The molecular formula is C50H105Cl2NO16S5Si3. The fourth-order valence-electron chi connectivity index (χ4n) is 5.27. The third kappa shape index (κ3) is 74.4. The minimum atomic E-state index is -2.53. The summed E-state index contributed by atoms with van der Waals surface area (Å²) in [6.45, 7) is 32.8. The van der Waals surface area contributed by atoms with Crippen LogP contribution in [0.2, 0.25) is 12.1 Å². The van der Waals surface area contributed by atoms with E-state index in [1.165, 1.54) is 11.1 Å². The molecule has 0 spiro atoms. The van der Waals surface area contributed by atoms with E-state index in [0.717, 1.165) is 120 Å². The van der Waals surface area contributed by atoms with Crippen molar-refractivity contribution in [3.8, 4) is 6.26 Å². The third-order valence-corrected chi connectivity index (χ3v) is 20.4. The predicted octanol–water partition coefficient (Wildman–Crippen LogP) is 9.60. The molecule has 0 fully saturated rings. The first kappa shape index (κ1) is 88.7. The molecule has 4 N–H and O–H groups in total. The quantitative estimate of drug-likeness (QED) is 0.00440. The van der Waals surface area contributed by atoms with Crippen molar-refractivity contribution < 1.29 is 75.5 Å². The van der Waals surface area contributed by atoms with Gasteiger partial charge in [-0.05, 0) is 86.1 Å². The zero-order chi connectivity index (χ0) is 59.4. The number of ether oxygens (including phenoxy) is 3. The highest BCUT2D eigenvalue weighted by Gasteiger charge is 2.40. The number of carbonyl (C=O) groups excluding carboxylic acids is 1. The van der Waals surface area contributed by atoms with Crippen molar-refractivity contribution in [1.82, 2.24) is 0 Å². The van der Waals surface area contributed by atoms with Gasteiger partial charge in [-0.15, -0.1) is 23.2 Å². The number of hydrogen-bond donors (Lipinski definition) is 5. The molecule has 0 saturated carbocycles. The number of esters is 1. The first-order chi connectivity index (χ1) is 37.2. The fraction of sp³-hybridized carbons (Fsp3) is 0.840. The number of aliphatic hydroxyl groups excluding tert-OH is 3. The van der Waals surface area contributed by atoms with Crippen molar-refractivity contribution in [1.29, 1.82) is 5.26 Å². The SMILES string of the molecule is C=C(CCl)CCl.C=C(CSCCO)CSCCO.C=C(CSCCOCCCCC[Si](OCC)(OCC)OCC)CSCCOC(=O)CCCCO[SiH3].CCOO.CCO[Si](CCCOC#N)(OCC)OCC.OCCS. The lowest BCUT2D eigenvalue weighted by Crippen LogP contribution is -2.46. The van der Waals surface area contributed by atoms with Crippen LogP contribution in [0.5, 0.6) is 0 Å².